The summed E-state index contributed by atoms with van der Waals surface area (Å²) in [4.78, 5) is 13.5. The number of hydrogen-bond donors (Lipinski definition) is 2. The van der Waals surface area contributed by atoms with E-state index in [0.717, 1.165) is 31.7 Å². The molecule has 9 heteroatoms. The first-order valence-corrected chi connectivity index (χ1v) is 11.7. The van der Waals surface area contributed by atoms with Crippen LogP contribution in [-0.2, 0) is 10.0 Å². The number of ether oxygens (including phenoxy) is 1. The van der Waals surface area contributed by atoms with Crippen molar-refractivity contribution in [1.82, 2.24) is 0 Å². The van der Waals surface area contributed by atoms with Crippen LogP contribution in [0.25, 0.3) is 0 Å². The lowest BCUT2D eigenvalue weighted by Crippen LogP contribution is -2.28. The van der Waals surface area contributed by atoms with Crippen molar-refractivity contribution in [3.05, 3.63) is 47.0 Å². The summed E-state index contributed by atoms with van der Waals surface area (Å²) in [6, 6.07) is 9.09. The summed E-state index contributed by atoms with van der Waals surface area (Å²) >= 11 is 6.15. The van der Waals surface area contributed by atoms with Gasteiger partial charge in [0.1, 0.15) is 16.4 Å². The highest BCUT2D eigenvalue weighted by atomic mass is 35.5. The summed E-state index contributed by atoms with van der Waals surface area (Å²) in [5.41, 5.74) is 0.247. The van der Waals surface area contributed by atoms with Gasteiger partial charge in [0.15, 0.2) is 0 Å². The molecule has 0 spiro atoms. The van der Waals surface area contributed by atoms with Crippen LogP contribution in [0.2, 0.25) is 5.02 Å². The van der Waals surface area contributed by atoms with E-state index in [1.54, 1.807) is 24.3 Å². The molecule has 7 nitrogen and oxygen atoms in total. The standard InChI is InChI=1S/C21H27ClN2O5S/c1-3-5-11-24(12-6-4-2)17-14-19(29-18-10-8-7-9-16(18)22)20(30(23,27)28)13-15(17)21(25)26/h7-10,13-14H,3-6,11-12H2,1-2H3,(H,25,26)(H2,23,27,28). The fourth-order valence-corrected chi connectivity index (χ4v) is 3.82. The van der Waals surface area contributed by atoms with Crippen molar-refractivity contribution in [1.29, 1.82) is 0 Å². The molecule has 2 rings (SSSR count). The number of nitrogens with zero attached hydrogens (tertiary/aromatic N) is 1. The molecule has 0 aliphatic carbocycles. The normalized spacial score (nSPS) is 11.3. The fourth-order valence-electron chi connectivity index (χ4n) is 2.98. The molecule has 2 aromatic rings. The highest BCUT2D eigenvalue weighted by molar-refractivity contribution is 7.89. The number of para-hydroxylation sites is 1. The molecule has 0 saturated heterocycles. The van der Waals surface area contributed by atoms with Crippen LogP contribution in [0.5, 0.6) is 11.5 Å². The highest BCUT2D eigenvalue weighted by Gasteiger charge is 2.25. The monoisotopic (exact) mass is 454 g/mol. The highest BCUT2D eigenvalue weighted by Crippen LogP contribution is 2.37. The maximum atomic E-state index is 12.2. The minimum atomic E-state index is -4.25. The van der Waals surface area contributed by atoms with Gasteiger partial charge in [-0.25, -0.2) is 18.4 Å². The number of carbonyl (C=O) groups is 1. The van der Waals surface area contributed by atoms with Crippen molar-refractivity contribution in [3.63, 3.8) is 0 Å². The zero-order chi connectivity index (χ0) is 22.3. The molecule has 0 saturated carbocycles. The van der Waals surface area contributed by atoms with Crippen LogP contribution in [-0.4, -0.2) is 32.6 Å². The Hall–Kier alpha value is -2.29. The van der Waals surface area contributed by atoms with E-state index in [0.29, 0.717) is 18.8 Å². The van der Waals surface area contributed by atoms with Crippen molar-refractivity contribution >= 4 is 33.3 Å². The second-order valence-corrected chi connectivity index (χ2v) is 8.83. The van der Waals surface area contributed by atoms with E-state index in [4.69, 9.17) is 21.5 Å². The van der Waals surface area contributed by atoms with Gasteiger partial charge in [0, 0.05) is 19.2 Å². The van der Waals surface area contributed by atoms with Crippen molar-refractivity contribution < 1.29 is 23.1 Å². The van der Waals surface area contributed by atoms with Gasteiger partial charge < -0.3 is 14.7 Å². The van der Waals surface area contributed by atoms with E-state index in [2.05, 4.69) is 0 Å². The Morgan fingerprint density at radius 1 is 1.10 bits per heavy atom. The maximum absolute atomic E-state index is 12.2. The van der Waals surface area contributed by atoms with Gasteiger partial charge in [-0.15, -0.1) is 0 Å². The number of unbranched alkanes of at least 4 members (excludes halogenated alkanes) is 2. The Balaban J connectivity index is 2.67. The second kappa shape index (κ2) is 10.7. The van der Waals surface area contributed by atoms with Crippen LogP contribution in [0, 0.1) is 0 Å². The molecule has 0 unspecified atom stereocenters. The fraction of sp³-hybridized carbons (Fsp3) is 0.381. The summed E-state index contributed by atoms with van der Waals surface area (Å²) < 4.78 is 30.2. The number of primary sulfonamides is 1. The zero-order valence-corrected chi connectivity index (χ0v) is 18.7. The molecule has 0 aliphatic heterocycles. The Morgan fingerprint density at radius 2 is 1.70 bits per heavy atom. The average Bonchev–Trinajstić information content (AvgIpc) is 2.68. The third-order valence-corrected chi connectivity index (χ3v) is 5.80. The zero-order valence-electron chi connectivity index (χ0n) is 17.1. The number of hydrogen-bond acceptors (Lipinski definition) is 5. The molecule has 0 bridgehead atoms. The lowest BCUT2D eigenvalue weighted by Gasteiger charge is -2.27. The van der Waals surface area contributed by atoms with Crippen molar-refractivity contribution in [2.24, 2.45) is 5.14 Å². The van der Waals surface area contributed by atoms with E-state index in [1.807, 2.05) is 18.7 Å². The van der Waals surface area contributed by atoms with Gasteiger partial charge in [0.05, 0.1) is 16.3 Å². The molecule has 30 heavy (non-hydrogen) atoms. The molecule has 3 N–H and O–H groups in total. The third kappa shape index (κ3) is 6.10. The topological polar surface area (TPSA) is 110 Å². The molecule has 0 fully saturated rings. The van der Waals surface area contributed by atoms with Crippen LogP contribution in [0.1, 0.15) is 49.9 Å². The van der Waals surface area contributed by atoms with Gasteiger partial charge in [-0.1, -0.05) is 50.4 Å². The van der Waals surface area contributed by atoms with Crippen molar-refractivity contribution in [3.8, 4) is 11.5 Å². The minimum absolute atomic E-state index is 0.0661. The Kier molecular flexibility index (Phi) is 8.52. The predicted molar refractivity (Wildman–Crippen MR) is 118 cm³/mol. The number of benzene rings is 2. The van der Waals surface area contributed by atoms with Gasteiger partial charge >= 0.3 is 5.97 Å². The molecule has 0 atom stereocenters. The molecule has 2 aromatic carbocycles. The first-order chi connectivity index (χ1) is 14.2. The number of anilines is 1. The number of nitrogens with two attached hydrogens (primary N) is 1. The van der Waals surface area contributed by atoms with Crippen LogP contribution < -0.4 is 14.8 Å². The molecule has 164 valence electrons. The van der Waals surface area contributed by atoms with Crippen LogP contribution in [0.3, 0.4) is 0 Å². The number of sulfonamides is 1. The number of halogens is 1. The molecule has 0 heterocycles. The summed E-state index contributed by atoms with van der Waals surface area (Å²) in [6.45, 7) is 5.37. The van der Waals surface area contributed by atoms with Crippen LogP contribution in [0.4, 0.5) is 5.69 Å². The lowest BCUT2D eigenvalue weighted by atomic mass is 10.1. The quantitative estimate of drug-likeness (QED) is 0.500. The van der Waals surface area contributed by atoms with Crippen LogP contribution in [0.15, 0.2) is 41.3 Å². The number of carboxylic acid groups (broad SMARTS) is 1. The largest absolute Gasteiger partial charge is 0.478 e. The number of carboxylic acids is 1. The van der Waals surface area contributed by atoms with Crippen LogP contribution >= 0.6 is 11.6 Å². The van der Waals surface area contributed by atoms with E-state index in [-0.39, 0.29) is 22.1 Å². The summed E-state index contributed by atoms with van der Waals surface area (Å²) in [5, 5.41) is 15.4. The van der Waals surface area contributed by atoms with Crippen molar-refractivity contribution in [2.45, 2.75) is 44.4 Å². The Bertz CT molecular complexity index is 987. The SMILES string of the molecule is CCCCN(CCCC)c1cc(Oc2ccccc2Cl)c(S(N)(=O)=O)cc1C(=O)O. The van der Waals surface area contributed by atoms with E-state index in [9.17, 15) is 18.3 Å². The van der Waals surface area contributed by atoms with Gasteiger partial charge in [0.25, 0.3) is 0 Å². The summed E-state index contributed by atoms with van der Waals surface area (Å²) in [7, 11) is -4.25. The Morgan fingerprint density at radius 3 is 2.20 bits per heavy atom. The Labute approximate surface area is 182 Å². The predicted octanol–water partition coefficient (Wildman–Crippen LogP) is 4.88. The third-order valence-electron chi connectivity index (χ3n) is 4.56. The number of rotatable bonds is 11. The molecular weight excluding hydrogens is 428 g/mol. The molecule has 0 amide bonds. The molecular formula is C21H27ClN2O5S. The molecule has 0 aliphatic rings. The average molecular weight is 455 g/mol. The first kappa shape index (κ1) is 24.0. The van der Waals surface area contributed by atoms with E-state index in [1.165, 1.54) is 6.07 Å². The van der Waals surface area contributed by atoms with Gasteiger partial charge in [-0.05, 0) is 31.0 Å². The van der Waals surface area contributed by atoms with Gasteiger partial charge in [-0.2, -0.15) is 0 Å². The smallest absolute Gasteiger partial charge is 0.337 e. The number of aromatic carboxylic acids is 1. The van der Waals surface area contributed by atoms with Gasteiger partial charge in [-0.3, -0.25) is 0 Å². The summed E-state index contributed by atoms with van der Waals surface area (Å²) in [6.07, 6.45) is 3.59. The minimum Gasteiger partial charge on any atom is -0.478 e. The van der Waals surface area contributed by atoms with Crippen molar-refractivity contribution in [2.75, 3.05) is 18.0 Å². The summed E-state index contributed by atoms with van der Waals surface area (Å²) in [5.74, 6) is -1.06. The molecule has 0 radical (unpaired) electrons. The van der Waals surface area contributed by atoms with E-state index < -0.39 is 20.9 Å². The van der Waals surface area contributed by atoms with Gasteiger partial charge in [0.2, 0.25) is 10.0 Å². The maximum Gasteiger partial charge on any atom is 0.337 e. The first-order valence-electron chi connectivity index (χ1n) is 9.80. The lowest BCUT2D eigenvalue weighted by molar-refractivity contribution is 0.0697. The second-order valence-electron chi connectivity index (χ2n) is 6.89. The molecule has 0 aromatic heterocycles. The van der Waals surface area contributed by atoms with E-state index >= 15 is 0 Å².